The molecule has 19 heavy (non-hydrogen) atoms. The Balaban J connectivity index is 1.87. The van der Waals surface area contributed by atoms with E-state index in [-0.39, 0.29) is 11.4 Å². The Labute approximate surface area is 115 Å². The van der Waals surface area contributed by atoms with E-state index in [1.807, 2.05) is 0 Å². The predicted octanol–water partition coefficient (Wildman–Crippen LogP) is 1.95. The van der Waals surface area contributed by atoms with Crippen LogP contribution in [0.5, 0.6) is 0 Å². The van der Waals surface area contributed by atoms with Crippen molar-refractivity contribution >= 4 is 17.7 Å². The molecule has 2 rings (SSSR count). The van der Waals surface area contributed by atoms with Crippen LogP contribution in [0.3, 0.4) is 0 Å². The molecule has 1 N–H and O–H groups in total. The highest BCUT2D eigenvalue weighted by Crippen LogP contribution is 2.23. The van der Waals surface area contributed by atoms with Gasteiger partial charge in [-0.05, 0) is 18.2 Å². The Kier molecular flexibility index (Phi) is 5.18. The maximum Gasteiger partial charge on any atom is 0.335 e. The highest BCUT2D eigenvalue weighted by molar-refractivity contribution is 7.99. The number of carbonyl (C=O) groups is 1. The van der Waals surface area contributed by atoms with Crippen LogP contribution in [0.25, 0.3) is 0 Å². The molecule has 1 fully saturated rings. The zero-order chi connectivity index (χ0) is 13.7. The molecule has 1 saturated heterocycles. The maximum atomic E-state index is 13.6. The van der Waals surface area contributed by atoms with Crippen LogP contribution >= 0.6 is 11.8 Å². The van der Waals surface area contributed by atoms with Crippen molar-refractivity contribution in [2.75, 3.05) is 38.6 Å². The molecule has 0 amide bonds. The van der Waals surface area contributed by atoms with Crippen LogP contribution in [-0.4, -0.2) is 54.6 Å². The number of benzene rings is 1. The van der Waals surface area contributed by atoms with Gasteiger partial charge in [-0.15, -0.1) is 11.8 Å². The minimum Gasteiger partial charge on any atom is -0.478 e. The molecule has 1 heterocycles. The van der Waals surface area contributed by atoms with Gasteiger partial charge in [-0.2, -0.15) is 0 Å². The molecule has 104 valence electrons. The minimum atomic E-state index is -1.03. The number of hydrogen-bond acceptors (Lipinski definition) is 4. The second-order valence-corrected chi connectivity index (χ2v) is 5.39. The molecule has 0 aliphatic carbocycles. The molecule has 0 radical (unpaired) electrons. The van der Waals surface area contributed by atoms with Gasteiger partial charge in [0, 0.05) is 30.3 Å². The van der Waals surface area contributed by atoms with Gasteiger partial charge in [-0.25, -0.2) is 9.18 Å². The molecule has 0 bridgehead atoms. The summed E-state index contributed by atoms with van der Waals surface area (Å²) in [6, 6.07) is 3.88. The topological polar surface area (TPSA) is 49.8 Å². The molecule has 1 aliphatic rings. The second-order valence-electron chi connectivity index (χ2n) is 4.25. The van der Waals surface area contributed by atoms with E-state index in [1.165, 1.54) is 30.0 Å². The highest BCUT2D eigenvalue weighted by atomic mass is 32.2. The summed E-state index contributed by atoms with van der Waals surface area (Å²) in [4.78, 5) is 13.5. The highest BCUT2D eigenvalue weighted by Gasteiger charge is 2.12. The molecule has 0 spiro atoms. The van der Waals surface area contributed by atoms with Crippen LogP contribution in [0.4, 0.5) is 4.39 Å². The van der Waals surface area contributed by atoms with Crippen molar-refractivity contribution in [3.05, 3.63) is 29.6 Å². The number of aromatic carboxylic acids is 1. The van der Waals surface area contributed by atoms with E-state index in [1.54, 1.807) is 0 Å². The van der Waals surface area contributed by atoms with Gasteiger partial charge >= 0.3 is 5.97 Å². The Morgan fingerprint density at radius 2 is 2.16 bits per heavy atom. The first-order chi connectivity index (χ1) is 9.16. The van der Waals surface area contributed by atoms with Gasteiger partial charge < -0.3 is 9.84 Å². The van der Waals surface area contributed by atoms with E-state index in [2.05, 4.69) is 4.90 Å². The number of morpholine rings is 1. The third-order valence-electron chi connectivity index (χ3n) is 2.95. The van der Waals surface area contributed by atoms with E-state index in [4.69, 9.17) is 9.84 Å². The van der Waals surface area contributed by atoms with Gasteiger partial charge in [-0.3, -0.25) is 4.90 Å². The lowest BCUT2D eigenvalue weighted by Gasteiger charge is -2.26. The summed E-state index contributed by atoms with van der Waals surface area (Å²) in [5.74, 6) is -0.660. The number of halogens is 1. The summed E-state index contributed by atoms with van der Waals surface area (Å²) in [5, 5.41) is 8.88. The Hall–Kier alpha value is -1.11. The lowest BCUT2D eigenvalue weighted by atomic mass is 10.2. The molecule has 0 unspecified atom stereocenters. The number of hydrogen-bond donors (Lipinski definition) is 1. The first-order valence-corrected chi connectivity index (χ1v) is 7.11. The molecular weight excluding hydrogens is 269 g/mol. The Bertz CT molecular complexity index is 450. The Morgan fingerprint density at radius 1 is 1.42 bits per heavy atom. The number of thioether (sulfide) groups is 1. The quantitative estimate of drug-likeness (QED) is 0.838. The Morgan fingerprint density at radius 3 is 2.84 bits per heavy atom. The van der Waals surface area contributed by atoms with Crippen LogP contribution in [-0.2, 0) is 4.74 Å². The summed E-state index contributed by atoms with van der Waals surface area (Å²) < 4.78 is 18.8. The molecule has 1 aromatic rings. The standard InChI is InChI=1S/C13H16FNO3S/c14-11-2-1-10(13(16)17)9-12(11)19-8-5-15-3-6-18-7-4-15/h1-2,9H,3-8H2,(H,16,17). The molecule has 0 atom stereocenters. The van der Waals surface area contributed by atoms with Crippen molar-refractivity contribution in [3.63, 3.8) is 0 Å². The fourth-order valence-corrected chi connectivity index (χ4v) is 2.84. The average Bonchev–Trinajstić information content (AvgIpc) is 2.42. The maximum absolute atomic E-state index is 13.6. The number of carboxylic acid groups (broad SMARTS) is 1. The molecule has 1 aromatic carbocycles. The molecule has 1 aliphatic heterocycles. The summed E-state index contributed by atoms with van der Waals surface area (Å²) in [6.45, 7) is 4.14. The van der Waals surface area contributed by atoms with Crippen molar-refractivity contribution in [2.24, 2.45) is 0 Å². The van der Waals surface area contributed by atoms with Gasteiger partial charge in [0.2, 0.25) is 0 Å². The van der Waals surface area contributed by atoms with Crippen LogP contribution in [0.2, 0.25) is 0 Å². The molecular formula is C13H16FNO3S. The monoisotopic (exact) mass is 285 g/mol. The van der Waals surface area contributed by atoms with Crippen molar-refractivity contribution in [1.82, 2.24) is 4.90 Å². The van der Waals surface area contributed by atoms with E-state index >= 15 is 0 Å². The summed E-state index contributed by atoms with van der Waals surface area (Å²) in [5.41, 5.74) is 0.121. The largest absolute Gasteiger partial charge is 0.478 e. The van der Waals surface area contributed by atoms with Gasteiger partial charge in [0.15, 0.2) is 0 Å². The lowest BCUT2D eigenvalue weighted by Crippen LogP contribution is -2.37. The lowest BCUT2D eigenvalue weighted by molar-refractivity contribution is 0.0410. The number of rotatable bonds is 5. The third-order valence-corrected chi connectivity index (χ3v) is 3.96. The van der Waals surface area contributed by atoms with Crippen molar-refractivity contribution in [2.45, 2.75) is 4.90 Å². The number of carboxylic acids is 1. The van der Waals surface area contributed by atoms with Crippen LogP contribution in [0.15, 0.2) is 23.1 Å². The van der Waals surface area contributed by atoms with E-state index in [9.17, 15) is 9.18 Å². The summed E-state index contributed by atoms with van der Waals surface area (Å²) >= 11 is 1.35. The van der Waals surface area contributed by atoms with E-state index < -0.39 is 5.97 Å². The zero-order valence-electron chi connectivity index (χ0n) is 10.5. The minimum absolute atomic E-state index is 0.121. The normalized spacial score (nSPS) is 16.5. The van der Waals surface area contributed by atoms with Gasteiger partial charge in [0.1, 0.15) is 5.82 Å². The number of ether oxygens (including phenoxy) is 1. The van der Waals surface area contributed by atoms with Gasteiger partial charge in [0.25, 0.3) is 0 Å². The van der Waals surface area contributed by atoms with Crippen LogP contribution in [0, 0.1) is 5.82 Å². The molecule has 0 aromatic heterocycles. The summed E-state index contributed by atoms with van der Waals surface area (Å²) in [6.07, 6.45) is 0. The van der Waals surface area contributed by atoms with Crippen molar-refractivity contribution in [3.8, 4) is 0 Å². The second kappa shape index (κ2) is 6.88. The van der Waals surface area contributed by atoms with Gasteiger partial charge in [0.05, 0.1) is 18.8 Å². The number of nitrogens with zero attached hydrogens (tertiary/aromatic N) is 1. The smallest absolute Gasteiger partial charge is 0.335 e. The van der Waals surface area contributed by atoms with Crippen LogP contribution in [0.1, 0.15) is 10.4 Å². The first kappa shape index (κ1) is 14.3. The first-order valence-electron chi connectivity index (χ1n) is 6.12. The van der Waals surface area contributed by atoms with Crippen molar-refractivity contribution in [1.29, 1.82) is 0 Å². The summed E-state index contributed by atoms with van der Waals surface area (Å²) in [7, 11) is 0. The molecule has 4 nitrogen and oxygen atoms in total. The zero-order valence-corrected chi connectivity index (χ0v) is 11.3. The molecule has 0 saturated carbocycles. The van der Waals surface area contributed by atoms with Crippen LogP contribution < -0.4 is 0 Å². The van der Waals surface area contributed by atoms with Crippen molar-refractivity contribution < 1.29 is 19.0 Å². The fourth-order valence-electron chi connectivity index (χ4n) is 1.86. The SMILES string of the molecule is O=C(O)c1ccc(F)c(SCCN2CCOCC2)c1. The van der Waals surface area contributed by atoms with E-state index in [0.717, 1.165) is 38.6 Å². The third kappa shape index (κ3) is 4.19. The van der Waals surface area contributed by atoms with E-state index in [0.29, 0.717) is 4.90 Å². The van der Waals surface area contributed by atoms with Gasteiger partial charge in [-0.1, -0.05) is 0 Å². The molecule has 6 heteroatoms. The average molecular weight is 285 g/mol. The fraction of sp³-hybridized carbons (Fsp3) is 0.462. The predicted molar refractivity (Wildman–Crippen MR) is 71.3 cm³/mol.